The largest absolute Gasteiger partial charge is 0.428 e. The zero-order valence-corrected chi connectivity index (χ0v) is 11.5. The van der Waals surface area contributed by atoms with Crippen LogP contribution in [-0.2, 0) is 0 Å². The van der Waals surface area contributed by atoms with Crippen LogP contribution in [0, 0.1) is 0 Å². The van der Waals surface area contributed by atoms with Gasteiger partial charge in [0.05, 0.1) is 6.42 Å². The second-order valence-corrected chi connectivity index (χ2v) is 5.16. The lowest BCUT2D eigenvalue weighted by molar-refractivity contribution is -0.366. The quantitative estimate of drug-likeness (QED) is 0.513. The van der Waals surface area contributed by atoms with E-state index in [2.05, 4.69) is 0 Å². The van der Waals surface area contributed by atoms with Crippen LogP contribution in [0.25, 0.3) is 0 Å². The van der Waals surface area contributed by atoms with E-state index in [1.807, 2.05) is 0 Å². The molecule has 0 aliphatic carbocycles. The Hall–Kier alpha value is -0.980. The maximum Gasteiger partial charge on any atom is 0.428 e. The molecule has 0 bridgehead atoms. The predicted octanol–water partition coefficient (Wildman–Crippen LogP) is 5.86. The molecule has 24 heavy (non-hydrogen) atoms. The van der Waals surface area contributed by atoms with Gasteiger partial charge >= 0.3 is 24.2 Å². The van der Waals surface area contributed by atoms with E-state index in [0.717, 1.165) is 0 Å². The summed E-state index contributed by atoms with van der Waals surface area (Å²) < 4.78 is 177. The van der Waals surface area contributed by atoms with Gasteiger partial charge in [-0.1, -0.05) is 0 Å². The van der Waals surface area contributed by atoms with Crippen LogP contribution in [0.4, 0.5) is 61.5 Å². The number of halogens is 14. The van der Waals surface area contributed by atoms with Crippen LogP contribution in [0.5, 0.6) is 0 Å². The minimum absolute atomic E-state index is 0.973. The van der Waals surface area contributed by atoms with E-state index in [9.17, 15) is 61.5 Å². The van der Waals surface area contributed by atoms with Gasteiger partial charge in [-0.15, -0.1) is 0 Å². The first-order valence-corrected chi connectivity index (χ1v) is 5.60. The van der Waals surface area contributed by atoms with Crippen molar-refractivity contribution in [2.45, 2.75) is 61.7 Å². The first kappa shape index (κ1) is 23.0. The highest BCUT2D eigenvalue weighted by atomic mass is 19.4. The summed E-state index contributed by atoms with van der Waals surface area (Å²) in [6.07, 6.45) is -17.2. The third-order valence-corrected chi connectivity index (χ3v) is 3.24. The summed E-state index contributed by atoms with van der Waals surface area (Å²) in [4.78, 5) is 0. The van der Waals surface area contributed by atoms with Gasteiger partial charge in [0.15, 0.2) is 0 Å². The molecule has 0 amide bonds. The Morgan fingerprint density at radius 1 is 0.458 bits per heavy atom. The Morgan fingerprint density at radius 3 is 1.00 bits per heavy atom. The molecule has 2 unspecified atom stereocenters. The molecule has 0 saturated carbocycles. The van der Waals surface area contributed by atoms with E-state index in [1.165, 1.54) is 0 Å². The maximum atomic E-state index is 13.1. The van der Waals surface area contributed by atoms with Gasteiger partial charge in [0.2, 0.25) is 0 Å². The molecule has 2 atom stereocenters. The van der Waals surface area contributed by atoms with E-state index < -0.39 is 61.7 Å². The van der Waals surface area contributed by atoms with Crippen molar-refractivity contribution in [2.75, 3.05) is 0 Å². The molecule has 0 saturated heterocycles. The summed E-state index contributed by atoms with van der Waals surface area (Å²) >= 11 is 0. The number of rotatable bonds is 5. The second-order valence-electron chi connectivity index (χ2n) is 5.16. The monoisotopic (exact) mass is 394 g/mol. The first-order valence-electron chi connectivity index (χ1n) is 5.60. The van der Waals surface area contributed by atoms with E-state index in [0.29, 0.717) is 0 Å². The molecule has 0 aromatic heterocycles. The molecule has 146 valence electrons. The second kappa shape index (κ2) is 5.51. The molecule has 0 fully saturated rings. The molecule has 0 rings (SSSR count). The van der Waals surface area contributed by atoms with Crippen molar-refractivity contribution in [3.05, 3.63) is 0 Å². The molecule has 0 heterocycles. The molecular weight excluding hydrogens is 386 g/mol. The lowest BCUT2D eigenvalue weighted by Gasteiger charge is -2.40. The lowest BCUT2D eigenvalue weighted by Crippen LogP contribution is -2.64. The molecule has 0 aliphatic heterocycles. The minimum atomic E-state index is -6.91. The van der Waals surface area contributed by atoms with Crippen LogP contribution in [-0.4, -0.2) is 41.5 Å². The van der Waals surface area contributed by atoms with E-state index >= 15 is 0 Å². The van der Waals surface area contributed by atoms with E-state index in [4.69, 9.17) is 0 Å². The highest BCUT2D eigenvalue weighted by molar-refractivity contribution is 5.08. The van der Waals surface area contributed by atoms with Crippen LogP contribution >= 0.6 is 0 Å². The summed E-state index contributed by atoms with van der Waals surface area (Å²) in [7, 11) is 0. The van der Waals surface area contributed by atoms with Gasteiger partial charge < -0.3 is 0 Å². The molecule has 0 spiro atoms. The molecule has 0 nitrogen and oxygen atoms in total. The number of hydrogen-bond acceptors (Lipinski definition) is 0. The standard InChI is InChI=1S/C10H8F14/c1-4(11,9(19,20)21)6(13,14)3-7(15,16)8(17,18)5(2,12)10(22,23)24/h3H2,1-2H3. The highest BCUT2D eigenvalue weighted by Gasteiger charge is 2.80. The Kier molecular flexibility index (Phi) is 5.29. The van der Waals surface area contributed by atoms with Crippen LogP contribution < -0.4 is 0 Å². The third-order valence-electron chi connectivity index (χ3n) is 3.24. The Bertz CT molecular complexity index is 451. The van der Waals surface area contributed by atoms with E-state index in [1.54, 1.807) is 0 Å². The summed E-state index contributed by atoms with van der Waals surface area (Å²) in [6.45, 7) is -2.09. The van der Waals surface area contributed by atoms with Crippen LogP contribution in [0.3, 0.4) is 0 Å². The molecular formula is C10H8F14. The summed E-state index contributed by atoms with van der Waals surface area (Å²) in [5.74, 6) is -19.9. The van der Waals surface area contributed by atoms with Crippen molar-refractivity contribution >= 4 is 0 Å². The molecule has 0 aromatic carbocycles. The van der Waals surface area contributed by atoms with Gasteiger partial charge in [-0.05, 0) is 13.8 Å². The summed E-state index contributed by atoms with van der Waals surface area (Å²) in [5.41, 5.74) is -11.9. The normalized spacial score (nSPS) is 20.5. The SMILES string of the molecule is CC(F)(C(F)(F)F)C(F)(F)CC(F)(F)C(F)(F)C(C)(F)C(F)(F)F. The van der Waals surface area contributed by atoms with Gasteiger partial charge in [-0.25, -0.2) is 17.6 Å². The smallest absolute Gasteiger partial charge is 0.227 e. The van der Waals surface area contributed by atoms with Gasteiger partial charge in [0.1, 0.15) is 0 Å². The molecule has 0 aliphatic rings. The van der Waals surface area contributed by atoms with Gasteiger partial charge in [-0.3, -0.25) is 0 Å². The Balaban J connectivity index is 5.95. The van der Waals surface area contributed by atoms with Crippen molar-refractivity contribution in [2.24, 2.45) is 0 Å². The van der Waals surface area contributed by atoms with Gasteiger partial charge in [0.25, 0.3) is 17.3 Å². The Morgan fingerprint density at radius 2 is 0.750 bits per heavy atom. The molecule has 0 aromatic rings. The van der Waals surface area contributed by atoms with Crippen molar-refractivity contribution < 1.29 is 61.5 Å². The average Bonchev–Trinajstić information content (AvgIpc) is 2.23. The highest BCUT2D eigenvalue weighted by Crippen LogP contribution is 2.57. The van der Waals surface area contributed by atoms with Crippen molar-refractivity contribution in [1.82, 2.24) is 0 Å². The minimum Gasteiger partial charge on any atom is -0.227 e. The van der Waals surface area contributed by atoms with Gasteiger partial charge in [0, 0.05) is 0 Å². The molecule has 0 N–H and O–H groups in total. The van der Waals surface area contributed by atoms with Crippen molar-refractivity contribution in [1.29, 1.82) is 0 Å². The zero-order valence-electron chi connectivity index (χ0n) is 11.5. The fourth-order valence-electron chi connectivity index (χ4n) is 1.28. The fraction of sp³-hybridized carbons (Fsp3) is 1.00. The van der Waals surface area contributed by atoms with E-state index in [-0.39, 0.29) is 0 Å². The fourth-order valence-corrected chi connectivity index (χ4v) is 1.28. The van der Waals surface area contributed by atoms with Crippen molar-refractivity contribution in [3.8, 4) is 0 Å². The molecule has 0 radical (unpaired) electrons. The predicted molar refractivity (Wildman–Crippen MR) is 50.6 cm³/mol. The van der Waals surface area contributed by atoms with Crippen LogP contribution in [0.15, 0.2) is 0 Å². The summed E-state index contributed by atoms with van der Waals surface area (Å²) in [5, 5.41) is 0. The maximum absolute atomic E-state index is 13.1. The Labute approximate surface area is 124 Å². The van der Waals surface area contributed by atoms with Crippen LogP contribution in [0.2, 0.25) is 0 Å². The summed E-state index contributed by atoms with van der Waals surface area (Å²) in [6, 6.07) is 0. The first-order chi connectivity index (χ1) is 9.96. The lowest BCUT2D eigenvalue weighted by atomic mass is 9.86. The number of hydrogen-bond donors (Lipinski definition) is 0. The topological polar surface area (TPSA) is 0 Å². The zero-order chi connectivity index (χ0) is 20.2. The van der Waals surface area contributed by atoms with Crippen molar-refractivity contribution in [3.63, 3.8) is 0 Å². The average molecular weight is 394 g/mol. The van der Waals surface area contributed by atoms with Gasteiger partial charge in [-0.2, -0.15) is 43.9 Å². The van der Waals surface area contributed by atoms with Crippen LogP contribution in [0.1, 0.15) is 20.3 Å². The number of alkyl halides is 14. The third kappa shape index (κ3) is 3.37. The molecule has 14 heteroatoms.